The average Bonchev–Trinajstić information content (AvgIpc) is 2.43. The van der Waals surface area contributed by atoms with Crippen molar-refractivity contribution in [1.82, 2.24) is 5.32 Å². The number of nitrogens with one attached hydrogen (secondary N) is 1. The lowest BCUT2D eigenvalue weighted by molar-refractivity contribution is 0.415. The minimum Gasteiger partial charge on any atom is -0.300 e. The third-order valence-corrected chi connectivity index (χ3v) is 4.01. The van der Waals surface area contributed by atoms with Gasteiger partial charge in [0.1, 0.15) is 11.4 Å². The zero-order valence-corrected chi connectivity index (χ0v) is 12.4. The van der Waals surface area contributed by atoms with Crippen LogP contribution < -0.4 is 5.32 Å². The Labute approximate surface area is 119 Å². The molecule has 0 saturated carbocycles. The summed E-state index contributed by atoms with van der Waals surface area (Å²) in [5, 5.41) is 12.5. The van der Waals surface area contributed by atoms with Gasteiger partial charge in [-0.1, -0.05) is 6.92 Å². The van der Waals surface area contributed by atoms with Gasteiger partial charge in [-0.05, 0) is 62.7 Å². The number of nitriles is 1. The maximum atomic E-state index is 12.7. The summed E-state index contributed by atoms with van der Waals surface area (Å²) in [7, 11) is 0. The Morgan fingerprint density at radius 1 is 1.37 bits per heavy atom. The van der Waals surface area contributed by atoms with Crippen molar-refractivity contribution in [3.8, 4) is 6.07 Å². The SMILES string of the molecule is CCCNC(C)(C#N)CCCSc1ccc(F)cc1. The first kappa shape index (κ1) is 16.0. The lowest BCUT2D eigenvalue weighted by atomic mass is 9.98. The summed E-state index contributed by atoms with van der Waals surface area (Å²) >= 11 is 1.70. The fraction of sp³-hybridized carbons (Fsp3) is 0.533. The van der Waals surface area contributed by atoms with Gasteiger partial charge in [0, 0.05) is 4.90 Å². The summed E-state index contributed by atoms with van der Waals surface area (Å²) < 4.78 is 12.7. The van der Waals surface area contributed by atoms with Gasteiger partial charge in [0.2, 0.25) is 0 Å². The minimum absolute atomic E-state index is 0.204. The van der Waals surface area contributed by atoms with Gasteiger partial charge >= 0.3 is 0 Å². The highest BCUT2D eigenvalue weighted by Gasteiger charge is 2.21. The zero-order chi connectivity index (χ0) is 14.1. The van der Waals surface area contributed by atoms with E-state index in [1.54, 1.807) is 23.9 Å². The smallest absolute Gasteiger partial charge is 0.123 e. The van der Waals surface area contributed by atoms with Gasteiger partial charge in [-0.25, -0.2) is 4.39 Å². The molecule has 1 atom stereocenters. The molecule has 0 aromatic heterocycles. The topological polar surface area (TPSA) is 35.8 Å². The van der Waals surface area contributed by atoms with E-state index in [1.165, 1.54) is 12.1 Å². The molecule has 1 aromatic rings. The van der Waals surface area contributed by atoms with Gasteiger partial charge in [-0.2, -0.15) is 5.26 Å². The Morgan fingerprint density at radius 2 is 2.05 bits per heavy atom. The van der Waals surface area contributed by atoms with Crippen molar-refractivity contribution in [1.29, 1.82) is 5.26 Å². The van der Waals surface area contributed by atoms with Crippen molar-refractivity contribution in [2.75, 3.05) is 12.3 Å². The molecule has 0 saturated heterocycles. The largest absolute Gasteiger partial charge is 0.300 e. The van der Waals surface area contributed by atoms with Crippen molar-refractivity contribution in [3.63, 3.8) is 0 Å². The summed E-state index contributed by atoms with van der Waals surface area (Å²) in [4.78, 5) is 1.07. The molecular weight excluding hydrogens is 259 g/mol. The number of halogens is 1. The molecule has 0 radical (unpaired) electrons. The molecule has 4 heteroatoms. The molecular formula is C15H21FN2S. The first-order valence-electron chi connectivity index (χ1n) is 6.64. The highest BCUT2D eigenvalue weighted by atomic mass is 32.2. The van der Waals surface area contributed by atoms with Gasteiger partial charge < -0.3 is 0 Å². The molecule has 0 aliphatic carbocycles. The van der Waals surface area contributed by atoms with Crippen LogP contribution in [0.2, 0.25) is 0 Å². The van der Waals surface area contributed by atoms with E-state index in [-0.39, 0.29) is 5.82 Å². The number of nitrogens with zero attached hydrogens (tertiary/aromatic N) is 1. The van der Waals surface area contributed by atoms with Gasteiger partial charge in [-0.15, -0.1) is 11.8 Å². The third kappa shape index (κ3) is 6.09. The van der Waals surface area contributed by atoms with E-state index in [4.69, 9.17) is 0 Å². The minimum atomic E-state index is -0.431. The van der Waals surface area contributed by atoms with Crippen molar-refractivity contribution in [3.05, 3.63) is 30.1 Å². The molecule has 0 aliphatic heterocycles. The number of benzene rings is 1. The van der Waals surface area contributed by atoms with Gasteiger partial charge in [0.15, 0.2) is 0 Å². The predicted molar refractivity (Wildman–Crippen MR) is 78.7 cm³/mol. The first-order chi connectivity index (χ1) is 9.09. The number of hydrogen-bond donors (Lipinski definition) is 1. The second-order valence-corrected chi connectivity index (χ2v) is 5.94. The number of hydrogen-bond acceptors (Lipinski definition) is 3. The Kier molecular flexibility index (Phi) is 6.90. The van der Waals surface area contributed by atoms with Crippen molar-refractivity contribution >= 4 is 11.8 Å². The summed E-state index contributed by atoms with van der Waals surface area (Å²) in [6, 6.07) is 8.88. The molecule has 1 unspecified atom stereocenters. The maximum Gasteiger partial charge on any atom is 0.123 e. The Morgan fingerprint density at radius 3 is 2.63 bits per heavy atom. The molecule has 0 bridgehead atoms. The normalized spacial score (nSPS) is 13.8. The van der Waals surface area contributed by atoms with E-state index in [1.807, 2.05) is 6.92 Å². The number of rotatable bonds is 8. The Hall–Kier alpha value is -1.05. The van der Waals surface area contributed by atoms with Crippen LogP contribution in [0.4, 0.5) is 4.39 Å². The fourth-order valence-corrected chi connectivity index (χ4v) is 2.58. The summed E-state index contributed by atoms with van der Waals surface area (Å²) in [6.07, 6.45) is 2.82. The molecule has 104 valence electrons. The lowest BCUT2D eigenvalue weighted by Gasteiger charge is -2.22. The van der Waals surface area contributed by atoms with E-state index in [2.05, 4.69) is 18.3 Å². The Balaban J connectivity index is 2.29. The van der Waals surface area contributed by atoms with E-state index in [0.717, 1.165) is 36.5 Å². The van der Waals surface area contributed by atoms with Crippen LogP contribution in [0, 0.1) is 17.1 Å². The van der Waals surface area contributed by atoms with Crippen LogP contribution in [0.15, 0.2) is 29.2 Å². The molecule has 1 N–H and O–H groups in total. The van der Waals surface area contributed by atoms with Crippen molar-refractivity contribution < 1.29 is 4.39 Å². The molecule has 0 aliphatic rings. The lowest BCUT2D eigenvalue weighted by Crippen LogP contribution is -2.41. The molecule has 0 fully saturated rings. The van der Waals surface area contributed by atoms with Crippen LogP contribution in [0.1, 0.15) is 33.1 Å². The van der Waals surface area contributed by atoms with Crippen LogP contribution in [0.3, 0.4) is 0 Å². The monoisotopic (exact) mass is 280 g/mol. The highest BCUT2D eigenvalue weighted by molar-refractivity contribution is 7.99. The van der Waals surface area contributed by atoms with E-state index in [9.17, 15) is 9.65 Å². The quantitative estimate of drug-likeness (QED) is 0.578. The maximum absolute atomic E-state index is 12.7. The summed E-state index contributed by atoms with van der Waals surface area (Å²) in [5.74, 6) is 0.738. The van der Waals surface area contributed by atoms with E-state index in [0.29, 0.717) is 0 Å². The van der Waals surface area contributed by atoms with Crippen molar-refractivity contribution in [2.45, 2.75) is 43.5 Å². The van der Waals surface area contributed by atoms with Gasteiger partial charge in [0.25, 0.3) is 0 Å². The fourth-order valence-electron chi connectivity index (χ4n) is 1.73. The number of thioether (sulfide) groups is 1. The molecule has 2 nitrogen and oxygen atoms in total. The summed E-state index contributed by atoms with van der Waals surface area (Å²) in [5.41, 5.74) is -0.431. The molecule has 1 rings (SSSR count). The predicted octanol–water partition coefficient (Wildman–Crippen LogP) is 3.98. The van der Waals surface area contributed by atoms with Gasteiger partial charge in [-0.3, -0.25) is 5.32 Å². The van der Waals surface area contributed by atoms with Crippen LogP contribution >= 0.6 is 11.8 Å². The van der Waals surface area contributed by atoms with Crippen LogP contribution in [0.25, 0.3) is 0 Å². The highest BCUT2D eigenvalue weighted by Crippen LogP contribution is 2.21. The molecule has 0 amide bonds. The molecule has 0 heterocycles. The second kappa shape index (κ2) is 8.19. The second-order valence-electron chi connectivity index (χ2n) is 4.78. The van der Waals surface area contributed by atoms with Crippen LogP contribution in [-0.4, -0.2) is 17.8 Å². The Bertz CT molecular complexity index is 413. The molecule has 0 spiro atoms. The van der Waals surface area contributed by atoms with Crippen molar-refractivity contribution in [2.24, 2.45) is 0 Å². The van der Waals surface area contributed by atoms with Gasteiger partial charge in [0.05, 0.1) is 6.07 Å². The average molecular weight is 280 g/mol. The first-order valence-corrected chi connectivity index (χ1v) is 7.63. The van der Waals surface area contributed by atoms with E-state index < -0.39 is 5.54 Å². The van der Waals surface area contributed by atoms with E-state index >= 15 is 0 Å². The van der Waals surface area contributed by atoms with Crippen LogP contribution in [-0.2, 0) is 0 Å². The summed E-state index contributed by atoms with van der Waals surface area (Å²) in [6.45, 7) is 4.91. The molecule has 19 heavy (non-hydrogen) atoms. The van der Waals surface area contributed by atoms with Crippen LogP contribution in [0.5, 0.6) is 0 Å². The standard InChI is InChI=1S/C15H21FN2S/c1-3-10-18-15(2,12-17)9-4-11-19-14-7-5-13(16)6-8-14/h5-8,18H,3-4,9-11H2,1-2H3. The zero-order valence-electron chi connectivity index (χ0n) is 11.6. The molecule has 1 aromatic carbocycles. The third-order valence-electron chi connectivity index (χ3n) is 2.92.